The van der Waals surface area contributed by atoms with E-state index in [1.807, 2.05) is 6.07 Å². The molecule has 23 heavy (non-hydrogen) atoms. The summed E-state index contributed by atoms with van der Waals surface area (Å²) in [6, 6.07) is 8.83. The van der Waals surface area contributed by atoms with Crippen LogP contribution in [0.5, 0.6) is 5.75 Å². The highest BCUT2D eigenvalue weighted by molar-refractivity contribution is 6.32. The first-order chi connectivity index (χ1) is 11.0. The summed E-state index contributed by atoms with van der Waals surface area (Å²) in [5, 5.41) is 10.1. The maximum Gasteiger partial charge on any atom is 0.344 e. The summed E-state index contributed by atoms with van der Waals surface area (Å²) >= 11 is 6.22. The summed E-state index contributed by atoms with van der Waals surface area (Å²) in [5.74, 6) is -0.343. The first kappa shape index (κ1) is 15.2. The Morgan fingerprint density at radius 2 is 2.17 bits per heavy atom. The fourth-order valence-electron chi connectivity index (χ4n) is 2.30. The molecule has 0 aliphatic carbocycles. The normalized spacial score (nSPS) is 12.3. The number of carbonyl (C=O) groups is 1. The number of hydrogen-bond acceptors (Lipinski definition) is 4. The van der Waals surface area contributed by atoms with Gasteiger partial charge in [-0.1, -0.05) is 17.7 Å². The fraction of sp³-hybridized carbons (Fsp3) is 0.125. The predicted molar refractivity (Wildman–Crippen MR) is 88.7 cm³/mol. The van der Waals surface area contributed by atoms with E-state index in [0.717, 1.165) is 16.5 Å². The Labute approximate surface area is 136 Å². The van der Waals surface area contributed by atoms with Gasteiger partial charge >= 0.3 is 5.97 Å². The Morgan fingerprint density at radius 3 is 2.87 bits per heavy atom. The van der Waals surface area contributed by atoms with Crippen LogP contribution in [0.25, 0.3) is 22.2 Å². The monoisotopic (exact) mass is 331 g/mol. The zero-order valence-corrected chi connectivity index (χ0v) is 13.0. The van der Waals surface area contributed by atoms with E-state index in [1.54, 1.807) is 30.5 Å². The summed E-state index contributed by atoms with van der Waals surface area (Å²) in [7, 11) is 0. The van der Waals surface area contributed by atoms with Crippen LogP contribution in [0.1, 0.15) is 6.92 Å². The summed E-state index contributed by atoms with van der Waals surface area (Å²) in [5.41, 5.74) is 8.24. The number of carboxylic acids is 1. The van der Waals surface area contributed by atoms with Gasteiger partial charge < -0.3 is 20.6 Å². The molecule has 0 aliphatic rings. The van der Waals surface area contributed by atoms with Crippen LogP contribution in [0.3, 0.4) is 0 Å². The SMILES string of the molecule is CC(Oc1ccc(-c2cc(N)nc3[nH]ccc23)cc1Cl)C(=O)O. The maximum absolute atomic E-state index is 10.9. The Kier molecular flexibility index (Phi) is 3.83. The van der Waals surface area contributed by atoms with E-state index in [9.17, 15) is 4.79 Å². The lowest BCUT2D eigenvalue weighted by Gasteiger charge is -2.13. The van der Waals surface area contributed by atoms with Gasteiger partial charge in [-0.3, -0.25) is 0 Å². The van der Waals surface area contributed by atoms with Crippen molar-refractivity contribution in [1.29, 1.82) is 0 Å². The minimum absolute atomic E-state index is 0.317. The largest absolute Gasteiger partial charge is 0.479 e. The van der Waals surface area contributed by atoms with E-state index in [2.05, 4.69) is 9.97 Å². The number of H-pyrrole nitrogens is 1. The quantitative estimate of drug-likeness (QED) is 0.680. The van der Waals surface area contributed by atoms with E-state index in [1.165, 1.54) is 6.92 Å². The molecule has 6 nitrogen and oxygen atoms in total. The summed E-state index contributed by atoms with van der Waals surface area (Å²) in [6.07, 6.45) is 0.806. The van der Waals surface area contributed by atoms with Gasteiger partial charge in [-0.05, 0) is 42.3 Å². The van der Waals surface area contributed by atoms with Crippen LogP contribution >= 0.6 is 11.6 Å². The van der Waals surface area contributed by atoms with E-state index < -0.39 is 12.1 Å². The number of nitrogens with one attached hydrogen (secondary N) is 1. The number of anilines is 1. The Bertz CT molecular complexity index is 891. The lowest BCUT2D eigenvalue weighted by Crippen LogP contribution is -2.22. The number of carboxylic acid groups (broad SMARTS) is 1. The van der Waals surface area contributed by atoms with Crippen molar-refractivity contribution in [3.05, 3.63) is 41.6 Å². The van der Waals surface area contributed by atoms with Gasteiger partial charge in [0.2, 0.25) is 0 Å². The van der Waals surface area contributed by atoms with Crippen molar-refractivity contribution in [1.82, 2.24) is 9.97 Å². The van der Waals surface area contributed by atoms with Gasteiger partial charge in [0.05, 0.1) is 5.02 Å². The molecule has 0 bridgehead atoms. The molecular formula is C16H14ClN3O3. The number of nitrogens with two attached hydrogens (primary N) is 1. The summed E-state index contributed by atoms with van der Waals surface area (Å²) < 4.78 is 5.32. The topological polar surface area (TPSA) is 101 Å². The number of rotatable bonds is 4. The van der Waals surface area contributed by atoms with Gasteiger partial charge in [0, 0.05) is 11.6 Å². The maximum atomic E-state index is 10.9. The molecule has 0 amide bonds. The zero-order valence-electron chi connectivity index (χ0n) is 12.2. The minimum Gasteiger partial charge on any atom is -0.479 e. The highest BCUT2D eigenvalue weighted by atomic mass is 35.5. The Hall–Kier alpha value is -2.73. The van der Waals surface area contributed by atoms with Gasteiger partial charge in [-0.15, -0.1) is 0 Å². The third-order valence-electron chi connectivity index (χ3n) is 3.44. The molecule has 1 aromatic carbocycles. The van der Waals surface area contributed by atoms with Crippen molar-refractivity contribution >= 4 is 34.4 Å². The van der Waals surface area contributed by atoms with Gasteiger partial charge in [0.1, 0.15) is 17.2 Å². The fourth-order valence-corrected chi connectivity index (χ4v) is 2.53. The van der Waals surface area contributed by atoms with Crippen LogP contribution in [0, 0.1) is 0 Å². The Morgan fingerprint density at radius 1 is 1.39 bits per heavy atom. The average molecular weight is 332 g/mol. The molecular weight excluding hydrogens is 318 g/mol. The first-order valence-electron chi connectivity index (χ1n) is 6.88. The Balaban J connectivity index is 2.02. The number of aromatic nitrogens is 2. The molecule has 0 aliphatic heterocycles. The van der Waals surface area contributed by atoms with Gasteiger partial charge in [0.25, 0.3) is 0 Å². The van der Waals surface area contributed by atoms with Crippen LogP contribution in [-0.2, 0) is 4.79 Å². The summed E-state index contributed by atoms with van der Waals surface area (Å²) in [6.45, 7) is 1.44. The molecule has 2 heterocycles. The van der Waals surface area contributed by atoms with Crippen molar-refractivity contribution in [2.75, 3.05) is 5.73 Å². The molecule has 3 rings (SSSR count). The molecule has 0 saturated carbocycles. The lowest BCUT2D eigenvalue weighted by molar-refractivity contribution is -0.144. The number of fused-ring (bicyclic) bond motifs is 1. The van der Waals surface area contributed by atoms with Gasteiger partial charge in [0.15, 0.2) is 6.10 Å². The first-order valence-corrected chi connectivity index (χ1v) is 7.26. The molecule has 118 valence electrons. The number of nitrogens with zero attached hydrogens (tertiary/aromatic N) is 1. The zero-order chi connectivity index (χ0) is 16.6. The second-order valence-corrected chi connectivity index (χ2v) is 5.49. The number of nitrogen functional groups attached to an aromatic ring is 1. The second-order valence-electron chi connectivity index (χ2n) is 5.08. The minimum atomic E-state index is -1.05. The van der Waals surface area contributed by atoms with Crippen LogP contribution in [-0.4, -0.2) is 27.1 Å². The van der Waals surface area contributed by atoms with E-state index in [-0.39, 0.29) is 0 Å². The van der Waals surface area contributed by atoms with Crippen molar-refractivity contribution in [2.45, 2.75) is 13.0 Å². The molecule has 2 aromatic heterocycles. The van der Waals surface area contributed by atoms with Crippen molar-refractivity contribution in [3.63, 3.8) is 0 Å². The number of aromatic amines is 1. The van der Waals surface area contributed by atoms with Gasteiger partial charge in [-0.2, -0.15) is 0 Å². The van der Waals surface area contributed by atoms with Crippen LogP contribution in [0.4, 0.5) is 5.82 Å². The van der Waals surface area contributed by atoms with E-state index >= 15 is 0 Å². The standard InChI is InChI=1S/C16H14ClN3O3/c1-8(16(21)22)23-13-3-2-9(6-12(13)17)11-7-14(18)20-15-10(11)4-5-19-15/h2-8H,1H3,(H,21,22)(H3,18,19,20). The molecule has 0 fully saturated rings. The van der Waals surface area contributed by atoms with Crippen LogP contribution in [0.15, 0.2) is 36.5 Å². The average Bonchev–Trinajstić information content (AvgIpc) is 2.96. The van der Waals surface area contributed by atoms with Crippen molar-refractivity contribution in [2.24, 2.45) is 0 Å². The third-order valence-corrected chi connectivity index (χ3v) is 3.74. The van der Waals surface area contributed by atoms with Crippen molar-refractivity contribution in [3.8, 4) is 16.9 Å². The van der Waals surface area contributed by atoms with Crippen molar-refractivity contribution < 1.29 is 14.6 Å². The number of pyridine rings is 1. The van der Waals surface area contributed by atoms with Gasteiger partial charge in [-0.25, -0.2) is 9.78 Å². The van der Waals surface area contributed by atoms with E-state index in [0.29, 0.717) is 22.2 Å². The molecule has 0 spiro atoms. The number of ether oxygens (including phenoxy) is 1. The summed E-state index contributed by atoms with van der Waals surface area (Å²) in [4.78, 5) is 18.1. The molecule has 4 N–H and O–H groups in total. The number of aliphatic carboxylic acids is 1. The number of benzene rings is 1. The molecule has 1 unspecified atom stereocenters. The number of halogens is 1. The highest BCUT2D eigenvalue weighted by Crippen LogP contribution is 2.34. The molecule has 1 atom stereocenters. The second kappa shape index (κ2) is 5.81. The van der Waals surface area contributed by atoms with Crippen LogP contribution < -0.4 is 10.5 Å². The molecule has 0 saturated heterocycles. The lowest BCUT2D eigenvalue weighted by atomic mass is 10.0. The molecule has 7 heteroatoms. The highest BCUT2D eigenvalue weighted by Gasteiger charge is 2.15. The van der Waals surface area contributed by atoms with E-state index in [4.69, 9.17) is 27.2 Å². The molecule has 0 radical (unpaired) electrons. The predicted octanol–water partition coefficient (Wildman–Crippen LogP) is 3.32. The molecule has 3 aromatic rings. The van der Waals surface area contributed by atoms with Crippen LogP contribution in [0.2, 0.25) is 5.02 Å². The smallest absolute Gasteiger partial charge is 0.344 e. The third kappa shape index (κ3) is 2.93. The number of hydrogen-bond donors (Lipinski definition) is 3.